The molecule has 28 heavy (non-hydrogen) atoms. The Balaban J connectivity index is 2.10. The molecule has 0 heterocycles. The second-order valence-corrected chi connectivity index (χ2v) is 5.68. The van der Waals surface area contributed by atoms with Gasteiger partial charge in [0.25, 0.3) is 0 Å². The molecule has 0 aliphatic heterocycles. The van der Waals surface area contributed by atoms with Crippen LogP contribution >= 0.6 is 0 Å². The first-order valence-electron chi connectivity index (χ1n) is 8.44. The average molecular weight is 387 g/mol. The van der Waals surface area contributed by atoms with E-state index in [1.807, 2.05) is 6.07 Å². The van der Waals surface area contributed by atoms with E-state index in [0.29, 0.717) is 28.4 Å². The van der Waals surface area contributed by atoms with E-state index in [0.717, 1.165) is 5.06 Å². The molecule has 0 fully saturated rings. The summed E-state index contributed by atoms with van der Waals surface area (Å²) in [7, 11) is 2.63. The standard InChI is InChI=1S/C20H22FN3O4/c1-14(16-9-7-10-18(21)12-16)22-23-15(2)28-13-17-8-5-6-11-19(17)24(27-4)20(25)26-3/h5-12H,13H2,1-4H3/b22-14+,23-15+. The zero-order valence-corrected chi connectivity index (χ0v) is 16.2. The zero-order chi connectivity index (χ0) is 20.5. The zero-order valence-electron chi connectivity index (χ0n) is 16.2. The molecule has 0 atom stereocenters. The highest BCUT2D eigenvalue weighted by atomic mass is 19.1. The molecule has 2 rings (SSSR count). The van der Waals surface area contributed by atoms with Crippen LogP contribution in [0.15, 0.2) is 58.7 Å². The highest BCUT2D eigenvalue weighted by molar-refractivity contribution is 5.98. The molecular formula is C20H22FN3O4. The van der Waals surface area contributed by atoms with Crippen LogP contribution in [-0.2, 0) is 20.9 Å². The Labute approximate surface area is 163 Å². The molecule has 2 aromatic rings. The number of carbonyl (C=O) groups excluding carboxylic acids is 1. The van der Waals surface area contributed by atoms with Gasteiger partial charge >= 0.3 is 6.09 Å². The van der Waals surface area contributed by atoms with Crippen LogP contribution < -0.4 is 5.06 Å². The van der Waals surface area contributed by atoms with Gasteiger partial charge in [0, 0.05) is 18.1 Å². The molecule has 0 aliphatic carbocycles. The molecule has 0 radical (unpaired) electrons. The predicted octanol–water partition coefficient (Wildman–Crippen LogP) is 4.32. The van der Waals surface area contributed by atoms with E-state index in [1.54, 1.807) is 44.2 Å². The van der Waals surface area contributed by atoms with E-state index < -0.39 is 6.09 Å². The van der Waals surface area contributed by atoms with E-state index in [2.05, 4.69) is 10.2 Å². The molecule has 148 valence electrons. The molecule has 0 saturated carbocycles. The summed E-state index contributed by atoms with van der Waals surface area (Å²) in [4.78, 5) is 16.9. The number of hydrogen-bond donors (Lipinski definition) is 0. The number of ether oxygens (including phenoxy) is 2. The van der Waals surface area contributed by atoms with Crippen LogP contribution in [0.2, 0.25) is 0 Å². The normalized spacial score (nSPS) is 11.9. The van der Waals surface area contributed by atoms with Gasteiger partial charge < -0.3 is 9.47 Å². The van der Waals surface area contributed by atoms with Gasteiger partial charge in [-0.15, -0.1) is 5.10 Å². The number of hydrogen-bond acceptors (Lipinski definition) is 6. The van der Waals surface area contributed by atoms with Crippen molar-refractivity contribution in [3.05, 3.63) is 65.5 Å². The molecule has 0 aliphatic rings. The minimum Gasteiger partial charge on any atom is -0.475 e. The first-order chi connectivity index (χ1) is 13.5. The van der Waals surface area contributed by atoms with E-state index in [-0.39, 0.29) is 12.4 Å². The third-order valence-electron chi connectivity index (χ3n) is 3.75. The summed E-state index contributed by atoms with van der Waals surface area (Å²) in [6, 6.07) is 13.2. The number of benzene rings is 2. The van der Waals surface area contributed by atoms with Crippen molar-refractivity contribution in [2.45, 2.75) is 20.5 Å². The number of anilines is 1. The maximum absolute atomic E-state index is 13.3. The van der Waals surface area contributed by atoms with Gasteiger partial charge in [-0.3, -0.25) is 4.84 Å². The fourth-order valence-corrected chi connectivity index (χ4v) is 2.31. The second-order valence-electron chi connectivity index (χ2n) is 5.68. The minimum absolute atomic E-state index is 0.136. The lowest BCUT2D eigenvalue weighted by atomic mass is 10.1. The fourth-order valence-electron chi connectivity index (χ4n) is 2.31. The second kappa shape index (κ2) is 10.2. The van der Waals surface area contributed by atoms with Gasteiger partial charge in [-0.05, 0) is 25.1 Å². The number of para-hydroxylation sites is 1. The largest absolute Gasteiger partial charge is 0.475 e. The van der Waals surface area contributed by atoms with Gasteiger partial charge in [0.05, 0.1) is 25.6 Å². The molecule has 2 aromatic carbocycles. The van der Waals surface area contributed by atoms with Crippen LogP contribution in [0, 0.1) is 5.82 Å². The molecule has 0 saturated heterocycles. The first kappa shape index (κ1) is 21.0. The monoisotopic (exact) mass is 387 g/mol. The highest BCUT2D eigenvalue weighted by Crippen LogP contribution is 2.22. The third kappa shape index (κ3) is 5.62. The van der Waals surface area contributed by atoms with E-state index in [9.17, 15) is 9.18 Å². The lowest BCUT2D eigenvalue weighted by Crippen LogP contribution is -2.30. The van der Waals surface area contributed by atoms with Crippen molar-refractivity contribution >= 4 is 23.4 Å². The van der Waals surface area contributed by atoms with E-state index in [1.165, 1.54) is 26.4 Å². The molecule has 0 aromatic heterocycles. The number of carbonyl (C=O) groups is 1. The SMILES string of the molecule is COC(=O)N(OC)c1ccccc1CO/C(C)=N/N=C(\C)c1cccc(F)c1. The van der Waals surface area contributed by atoms with E-state index in [4.69, 9.17) is 14.3 Å². The van der Waals surface area contributed by atoms with Gasteiger partial charge in [-0.25, -0.2) is 9.18 Å². The maximum Gasteiger partial charge on any atom is 0.438 e. The van der Waals surface area contributed by atoms with Crippen LogP contribution in [-0.4, -0.2) is 31.9 Å². The molecule has 8 heteroatoms. The predicted molar refractivity (Wildman–Crippen MR) is 105 cm³/mol. The lowest BCUT2D eigenvalue weighted by molar-refractivity contribution is 0.115. The van der Waals surface area contributed by atoms with Gasteiger partial charge in [0.2, 0.25) is 5.90 Å². The smallest absolute Gasteiger partial charge is 0.438 e. The quantitative estimate of drug-likeness (QED) is 0.420. The minimum atomic E-state index is -0.657. The number of nitrogens with zero attached hydrogens (tertiary/aromatic N) is 3. The summed E-state index contributed by atoms with van der Waals surface area (Å²) in [5.41, 5.74) is 2.37. The van der Waals surface area contributed by atoms with Crippen molar-refractivity contribution in [1.82, 2.24) is 0 Å². The average Bonchev–Trinajstić information content (AvgIpc) is 2.71. The van der Waals surface area contributed by atoms with Gasteiger partial charge in [-0.1, -0.05) is 30.3 Å². The topological polar surface area (TPSA) is 72.7 Å². The molecule has 1 amide bonds. The van der Waals surface area contributed by atoms with Crippen LogP contribution in [0.4, 0.5) is 14.9 Å². The Hall–Kier alpha value is -3.26. The Morgan fingerprint density at radius 1 is 1.07 bits per heavy atom. The lowest BCUT2D eigenvalue weighted by Gasteiger charge is -2.20. The number of amides is 1. The first-order valence-corrected chi connectivity index (χ1v) is 8.44. The number of hydroxylamine groups is 1. The van der Waals surface area contributed by atoms with Crippen LogP contribution in [0.25, 0.3) is 0 Å². The van der Waals surface area contributed by atoms with Gasteiger partial charge in [0.15, 0.2) is 0 Å². The summed E-state index contributed by atoms with van der Waals surface area (Å²) >= 11 is 0. The van der Waals surface area contributed by atoms with Crippen molar-refractivity contribution in [3.8, 4) is 0 Å². The van der Waals surface area contributed by atoms with Crippen molar-refractivity contribution in [2.24, 2.45) is 10.2 Å². The summed E-state index contributed by atoms with van der Waals surface area (Å²) in [6.07, 6.45) is -0.657. The van der Waals surface area contributed by atoms with Crippen LogP contribution in [0.3, 0.4) is 0 Å². The third-order valence-corrected chi connectivity index (χ3v) is 3.75. The molecule has 0 spiro atoms. The van der Waals surface area contributed by atoms with Crippen molar-refractivity contribution in [3.63, 3.8) is 0 Å². The maximum atomic E-state index is 13.3. The Morgan fingerprint density at radius 3 is 2.50 bits per heavy atom. The van der Waals surface area contributed by atoms with E-state index >= 15 is 0 Å². The number of methoxy groups -OCH3 is 1. The molecule has 7 nitrogen and oxygen atoms in total. The summed E-state index contributed by atoms with van der Waals surface area (Å²) in [6.45, 7) is 3.52. The molecule has 0 bridgehead atoms. The van der Waals surface area contributed by atoms with Crippen molar-refractivity contribution < 1.29 is 23.5 Å². The van der Waals surface area contributed by atoms with Crippen LogP contribution in [0.5, 0.6) is 0 Å². The van der Waals surface area contributed by atoms with Crippen molar-refractivity contribution in [1.29, 1.82) is 0 Å². The molecule has 0 N–H and O–H groups in total. The van der Waals surface area contributed by atoms with Gasteiger partial charge in [0.1, 0.15) is 12.4 Å². The molecule has 0 unspecified atom stereocenters. The highest BCUT2D eigenvalue weighted by Gasteiger charge is 2.19. The molecular weight excluding hydrogens is 365 g/mol. The summed E-state index contributed by atoms with van der Waals surface area (Å²) in [5.74, 6) is -0.0264. The number of halogens is 1. The fraction of sp³-hybridized carbons (Fsp3) is 0.250. The van der Waals surface area contributed by atoms with Crippen molar-refractivity contribution in [2.75, 3.05) is 19.3 Å². The Morgan fingerprint density at radius 2 is 1.82 bits per heavy atom. The number of rotatable bonds is 6. The summed E-state index contributed by atoms with van der Waals surface area (Å²) < 4.78 is 23.6. The van der Waals surface area contributed by atoms with Gasteiger partial charge in [-0.2, -0.15) is 10.2 Å². The Kier molecular flexibility index (Phi) is 7.65. The Bertz CT molecular complexity index is 883. The summed E-state index contributed by atoms with van der Waals surface area (Å²) in [5, 5.41) is 9.11. The van der Waals surface area contributed by atoms with Crippen LogP contribution in [0.1, 0.15) is 25.0 Å².